The van der Waals surface area contributed by atoms with Crippen molar-refractivity contribution in [3.05, 3.63) is 70.8 Å². The molecular formula is C29H33F6N3O3. The first-order valence-electron chi connectivity index (χ1n) is 13.6. The van der Waals surface area contributed by atoms with Crippen LogP contribution in [0.15, 0.2) is 48.5 Å². The molecule has 1 aliphatic carbocycles. The Kier molecular flexibility index (Phi) is 9.32. The molecule has 224 valence electrons. The van der Waals surface area contributed by atoms with Crippen LogP contribution in [0.25, 0.3) is 0 Å². The third-order valence-electron chi connectivity index (χ3n) is 7.55. The average molecular weight is 586 g/mol. The van der Waals surface area contributed by atoms with Gasteiger partial charge in [-0.2, -0.15) is 26.3 Å². The Morgan fingerprint density at radius 3 is 2.22 bits per heavy atom. The summed E-state index contributed by atoms with van der Waals surface area (Å²) in [4.78, 5) is 26.8. The van der Waals surface area contributed by atoms with Gasteiger partial charge in [0, 0.05) is 26.1 Å². The summed E-state index contributed by atoms with van der Waals surface area (Å²) in [6, 6.07) is 10.1. The quantitative estimate of drug-likeness (QED) is 0.368. The van der Waals surface area contributed by atoms with Crippen molar-refractivity contribution in [2.45, 2.75) is 63.0 Å². The van der Waals surface area contributed by atoms with Gasteiger partial charge in [-0.3, -0.25) is 10.1 Å². The SMILES string of the molecule is C[C@@H](OC[C@@]1(c2ccccc2)CCCC(=O)NC(=O)N(CC2CC2)CCN1)c1cc(C(F)(F)F)cc(C(F)(F)F)c1. The number of imide groups is 1. The lowest BCUT2D eigenvalue weighted by Crippen LogP contribution is -2.50. The standard InChI is InChI=1S/C29H33F6N3O3/c1-19(21-14-23(28(30,31)32)16-24(15-21)29(33,34)35)41-18-27(22-6-3-2-4-7-22)11-5-8-25(39)37-26(40)38(13-12-36-27)17-20-9-10-20/h2-4,6-7,14-16,19-20,36H,5,8-13,17-18H2,1H3,(H,37,39,40)/t19-,27-/m1/s1. The minimum Gasteiger partial charge on any atom is -0.372 e. The molecule has 0 aromatic heterocycles. The van der Waals surface area contributed by atoms with E-state index < -0.39 is 47.1 Å². The summed E-state index contributed by atoms with van der Waals surface area (Å²) in [5, 5.41) is 5.91. The first-order valence-corrected chi connectivity index (χ1v) is 13.6. The third-order valence-corrected chi connectivity index (χ3v) is 7.55. The van der Waals surface area contributed by atoms with Gasteiger partial charge in [0.2, 0.25) is 5.91 Å². The first kappa shape index (κ1) is 30.8. The molecule has 0 bridgehead atoms. The zero-order valence-electron chi connectivity index (χ0n) is 22.6. The molecule has 3 amide bonds. The fourth-order valence-corrected chi connectivity index (χ4v) is 5.01. The molecule has 2 aromatic carbocycles. The van der Waals surface area contributed by atoms with E-state index in [1.54, 1.807) is 4.90 Å². The lowest BCUT2D eigenvalue weighted by Gasteiger charge is -2.37. The minimum atomic E-state index is -4.97. The number of nitrogens with one attached hydrogen (secondary N) is 2. The number of rotatable bonds is 7. The summed E-state index contributed by atoms with van der Waals surface area (Å²) in [5.41, 5.74) is -3.22. The van der Waals surface area contributed by atoms with Gasteiger partial charge in [-0.1, -0.05) is 30.3 Å². The van der Waals surface area contributed by atoms with Crippen LogP contribution in [-0.4, -0.2) is 43.1 Å². The van der Waals surface area contributed by atoms with Crippen molar-refractivity contribution >= 4 is 11.9 Å². The zero-order valence-corrected chi connectivity index (χ0v) is 22.6. The number of ether oxygens (including phenoxy) is 1. The van der Waals surface area contributed by atoms with Crippen LogP contribution in [0.2, 0.25) is 0 Å². The van der Waals surface area contributed by atoms with Crippen LogP contribution in [0, 0.1) is 5.92 Å². The van der Waals surface area contributed by atoms with Gasteiger partial charge in [-0.25, -0.2) is 4.79 Å². The first-order chi connectivity index (χ1) is 19.3. The fraction of sp³-hybridized carbons (Fsp3) is 0.517. The van der Waals surface area contributed by atoms with E-state index in [2.05, 4.69) is 10.6 Å². The Hall–Kier alpha value is -3.12. The van der Waals surface area contributed by atoms with E-state index in [0.29, 0.717) is 50.5 Å². The fourth-order valence-electron chi connectivity index (χ4n) is 5.01. The van der Waals surface area contributed by atoms with E-state index in [-0.39, 0.29) is 24.7 Å². The maximum atomic E-state index is 13.4. The number of hydrogen-bond donors (Lipinski definition) is 2. The lowest BCUT2D eigenvalue weighted by atomic mass is 9.85. The summed E-state index contributed by atoms with van der Waals surface area (Å²) in [7, 11) is 0. The van der Waals surface area contributed by atoms with Crippen molar-refractivity contribution in [2.75, 3.05) is 26.2 Å². The number of hydrogen-bond acceptors (Lipinski definition) is 4. The lowest BCUT2D eigenvalue weighted by molar-refractivity contribution is -0.143. The number of nitrogens with zero attached hydrogens (tertiary/aromatic N) is 1. The molecule has 0 unspecified atom stereocenters. The Morgan fingerprint density at radius 2 is 1.63 bits per heavy atom. The van der Waals surface area contributed by atoms with Crippen LogP contribution in [0.3, 0.4) is 0 Å². The second kappa shape index (κ2) is 12.4. The molecule has 6 nitrogen and oxygen atoms in total. The molecule has 41 heavy (non-hydrogen) atoms. The van der Waals surface area contributed by atoms with Gasteiger partial charge in [-0.05, 0) is 67.9 Å². The molecular weight excluding hydrogens is 552 g/mol. The molecule has 0 spiro atoms. The van der Waals surface area contributed by atoms with Crippen molar-refractivity contribution in [1.29, 1.82) is 0 Å². The number of carbonyl (C=O) groups is 2. The zero-order chi connectivity index (χ0) is 29.8. The van der Waals surface area contributed by atoms with Gasteiger partial charge in [-0.15, -0.1) is 0 Å². The average Bonchev–Trinajstić information content (AvgIpc) is 3.73. The van der Waals surface area contributed by atoms with E-state index in [4.69, 9.17) is 4.74 Å². The molecule has 0 radical (unpaired) electrons. The van der Waals surface area contributed by atoms with Crippen LogP contribution >= 0.6 is 0 Å². The van der Waals surface area contributed by atoms with Crippen molar-refractivity contribution in [2.24, 2.45) is 5.92 Å². The molecule has 1 heterocycles. The van der Waals surface area contributed by atoms with E-state index >= 15 is 0 Å². The largest absolute Gasteiger partial charge is 0.416 e. The molecule has 2 aliphatic rings. The predicted molar refractivity (Wildman–Crippen MR) is 139 cm³/mol. The molecule has 1 saturated heterocycles. The van der Waals surface area contributed by atoms with Gasteiger partial charge < -0.3 is 15.0 Å². The molecule has 12 heteroatoms. The highest BCUT2D eigenvalue weighted by Crippen LogP contribution is 2.39. The van der Waals surface area contributed by atoms with Crippen LogP contribution in [0.1, 0.15) is 67.4 Å². The van der Waals surface area contributed by atoms with E-state index in [1.165, 1.54) is 6.92 Å². The minimum absolute atomic E-state index is 0.0530. The van der Waals surface area contributed by atoms with Crippen LogP contribution < -0.4 is 10.6 Å². The molecule has 4 rings (SSSR count). The van der Waals surface area contributed by atoms with Gasteiger partial charge in [0.25, 0.3) is 0 Å². The van der Waals surface area contributed by atoms with E-state index in [0.717, 1.165) is 18.4 Å². The van der Waals surface area contributed by atoms with Crippen LogP contribution in [0.4, 0.5) is 31.1 Å². The number of urea groups is 1. The number of amides is 3. The molecule has 2 aromatic rings. The van der Waals surface area contributed by atoms with Crippen LogP contribution in [0.5, 0.6) is 0 Å². The predicted octanol–water partition coefficient (Wildman–Crippen LogP) is 6.42. The summed E-state index contributed by atoms with van der Waals surface area (Å²) in [6.07, 6.45) is -8.27. The highest BCUT2D eigenvalue weighted by molar-refractivity contribution is 5.94. The second-order valence-corrected chi connectivity index (χ2v) is 10.8. The molecule has 1 aliphatic heterocycles. The van der Waals surface area contributed by atoms with E-state index in [9.17, 15) is 35.9 Å². The molecule has 2 N–H and O–H groups in total. The van der Waals surface area contributed by atoms with Crippen molar-refractivity contribution in [3.63, 3.8) is 0 Å². The van der Waals surface area contributed by atoms with Crippen molar-refractivity contribution in [3.8, 4) is 0 Å². The second-order valence-electron chi connectivity index (χ2n) is 10.8. The summed E-state index contributed by atoms with van der Waals surface area (Å²) < 4.78 is 86.7. The van der Waals surface area contributed by atoms with Gasteiger partial charge in [0.05, 0.1) is 29.4 Å². The number of alkyl halides is 6. The summed E-state index contributed by atoms with van der Waals surface area (Å²) in [6.45, 7) is 2.44. The molecule has 2 fully saturated rings. The Morgan fingerprint density at radius 1 is 1.00 bits per heavy atom. The monoisotopic (exact) mass is 585 g/mol. The highest BCUT2D eigenvalue weighted by atomic mass is 19.4. The summed E-state index contributed by atoms with van der Waals surface area (Å²) >= 11 is 0. The number of halogens is 6. The van der Waals surface area contributed by atoms with Gasteiger partial charge in [0.1, 0.15) is 0 Å². The highest BCUT2D eigenvalue weighted by Gasteiger charge is 2.38. The summed E-state index contributed by atoms with van der Waals surface area (Å²) in [5.74, 6) is -0.0318. The van der Waals surface area contributed by atoms with Crippen molar-refractivity contribution in [1.82, 2.24) is 15.5 Å². The maximum absolute atomic E-state index is 13.4. The molecule has 2 atom stereocenters. The smallest absolute Gasteiger partial charge is 0.372 e. The Bertz CT molecular complexity index is 1180. The van der Waals surface area contributed by atoms with E-state index in [1.807, 2.05) is 30.3 Å². The van der Waals surface area contributed by atoms with Gasteiger partial charge >= 0.3 is 18.4 Å². The topological polar surface area (TPSA) is 70.7 Å². The third kappa shape index (κ3) is 8.22. The maximum Gasteiger partial charge on any atom is 0.416 e. The van der Waals surface area contributed by atoms with Crippen molar-refractivity contribution < 1.29 is 40.7 Å². The van der Waals surface area contributed by atoms with Gasteiger partial charge in [0.15, 0.2) is 0 Å². The van der Waals surface area contributed by atoms with Crippen LogP contribution in [-0.2, 0) is 27.4 Å². The Balaban J connectivity index is 1.61. The number of carbonyl (C=O) groups excluding carboxylic acids is 2. The normalized spacial score (nSPS) is 22.2. The number of benzene rings is 2. The Labute approximate surface area is 234 Å². The molecule has 1 saturated carbocycles.